The lowest BCUT2D eigenvalue weighted by Crippen LogP contribution is -2.98. The van der Waals surface area contributed by atoms with E-state index in [1.54, 1.807) is 0 Å². The van der Waals surface area contributed by atoms with Crippen molar-refractivity contribution in [2.75, 3.05) is 33.2 Å². The molecule has 0 saturated carbocycles. The lowest BCUT2D eigenvalue weighted by molar-refractivity contribution is -0.735. The molecule has 0 bridgehead atoms. The van der Waals surface area contributed by atoms with Crippen LogP contribution < -0.4 is 10.2 Å². The maximum absolute atomic E-state index is 12.9. The molecular weight excluding hydrogens is 346 g/mol. The molecule has 0 aromatic heterocycles. The van der Waals surface area contributed by atoms with E-state index in [1.165, 1.54) is 19.1 Å². The lowest BCUT2D eigenvalue weighted by Gasteiger charge is -2.28. The number of benzene rings is 1. The smallest absolute Gasteiger partial charge is 0.368 e. The Balaban J connectivity index is 2.09. The van der Waals surface area contributed by atoms with Crippen molar-refractivity contribution in [2.24, 2.45) is 11.8 Å². The van der Waals surface area contributed by atoms with Crippen LogP contribution in [-0.2, 0) is 19.1 Å². The number of likely N-dealkylation sites (tertiary alicyclic amines) is 1. The minimum Gasteiger partial charge on any atom is -0.464 e. The second kappa shape index (κ2) is 6.96. The van der Waals surface area contributed by atoms with Gasteiger partial charge >= 0.3 is 5.97 Å². The number of hydrogen-bond acceptors (Lipinski definition) is 5. The summed E-state index contributed by atoms with van der Waals surface area (Å²) in [5, 5.41) is 1.91. The van der Waals surface area contributed by atoms with Gasteiger partial charge in [0.25, 0.3) is 0 Å². The Morgan fingerprint density at radius 2 is 1.85 bits per heavy atom. The molecule has 2 aliphatic heterocycles. The molecule has 7 heteroatoms. The molecule has 27 heavy (non-hydrogen) atoms. The van der Waals surface area contributed by atoms with Crippen LogP contribution in [0, 0.1) is 11.8 Å². The zero-order valence-corrected chi connectivity index (χ0v) is 16.6. The highest BCUT2D eigenvalue weighted by Crippen LogP contribution is 2.45. The van der Waals surface area contributed by atoms with Crippen LogP contribution in [0.4, 0.5) is 5.69 Å². The predicted molar refractivity (Wildman–Crippen MR) is 99.8 cm³/mol. The second-order valence-electron chi connectivity index (χ2n) is 7.70. The van der Waals surface area contributed by atoms with Crippen molar-refractivity contribution in [3.63, 3.8) is 0 Å². The van der Waals surface area contributed by atoms with Crippen molar-refractivity contribution in [3.05, 3.63) is 29.8 Å². The summed E-state index contributed by atoms with van der Waals surface area (Å²) in [6, 6.07) is 7.63. The first kappa shape index (κ1) is 19.4. The molecule has 7 nitrogen and oxygen atoms in total. The van der Waals surface area contributed by atoms with Crippen molar-refractivity contribution >= 4 is 23.5 Å². The zero-order valence-electron chi connectivity index (χ0n) is 16.6. The molecular formula is C20H28N3O4+. The van der Waals surface area contributed by atoms with Crippen LogP contribution >= 0.6 is 0 Å². The molecule has 4 atom stereocenters. The molecule has 0 radical (unpaired) electrons. The van der Waals surface area contributed by atoms with E-state index >= 15 is 0 Å². The second-order valence-corrected chi connectivity index (χ2v) is 7.70. The molecule has 0 spiro atoms. The number of amides is 2. The fourth-order valence-corrected chi connectivity index (χ4v) is 4.70. The van der Waals surface area contributed by atoms with Crippen molar-refractivity contribution in [3.8, 4) is 0 Å². The summed E-state index contributed by atoms with van der Waals surface area (Å²) in [5.41, 5.74) is 0.928. The molecule has 2 saturated heterocycles. The first-order chi connectivity index (χ1) is 12.8. The molecule has 2 N–H and O–H groups in total. The summed E-state index contributed by atoms with van der Waals surface area (Å²) in [5.74, 6) is -2.18. The number of imide groups is 1. The van der Waals surface area contributed by atoms with E-state index in [0.29, 0.717) is 12.8 Å². The van der Waals surface area contributed by atoms with Gasteiger partial charge in [0, 0.05) is 38.8 Å². The number of carbonyl (C=O) groups excluding carboxylic acids is 3. The van der Waals surface area contributed by atoms with E-state index < -0.39 is 23.3 Å². The number of esters is 1. The fourth-order valence-electron chi connectivity index (χ4n) is 4.70. The van der Waals surface area contributed by atoms with E-state index in [9.17, 15) is 14.4 Å². The summed E-state index contributed by atoms with van der Waals surface area (Å²) >= 11 is 0. The molecule has 146 valence electrons. The van der Waals surface area contributed by atoms with Gasteiger partial charge in [-0.2, -0.15) is 0 Å². The quantitative estimate of drug-likeness (QED) is 0.593. The molecule has 2 heterocycles. The van der Waals surface area contributed by atoms with Crippen molar-refractivity contribution in [2.45, 2.75) is 31.3 Å². The summed E-state index contributed by atoms with van der Waals surface area (Å²) < 4.78 is 5.09. The van der Waals surface area contributed by atoms with Crippen LogP contribution in [0.15, 0.2) is 24.3 Å². The van der Waals surface area contributed by atoms with Crippen LogP contribution in [0.1, 0.15) is 31.4 Å². The number of methoxy groups -OCH3 is 1. The summed E-state index contributed by atoms with van der Waals surface area (Å²) in [4.78, 5) is 41.8. The molecule has 3 rings (SSSR count). The van der Waals surface area contributed by atoms with Gasteiger partial charge < -0.3 is 15.0 Å². The van der Waals surface area contributed by atoms with E-state index in [-0.39, 0.29) is 17.9 Å². The van der Waals surface area contributed by atoms with E-state index in [2.05, 4.69) is 0 Å². The number of nitrogens with zero attached hydrogens (tertiary/aromatic N) is 2. The normalized spacial score (nSPS) is 29.8. The lowest BCUT2D eigenvalue weighted by atomic mass is 9.77. The van der Waals surface area contributed by atoms with E-state index in [1.807, 2.05) is 55.5 Å². The third kappa shape index (κ3) is 2.81. The van der Waals surface area contributed by atoms with Crippen LogP contribution in [-0.4, -0.2) is 56.5 Å². The van der Waals surface area contributed by atoms with Crippen molar-refractivity contribution < 1.29 is 24.4 Å². The van der Waals surface area contributed by atoms with Crippen LogP contribution in [0.3, 0.4) is 0 Å². The average Bonchev–Trinajstić information content (AvgIpc) is 3.12. The average molecular weight is 374 g/mol. The Morgan fingerprint density at radius 3 is 2.37 bits per heavy atom. The van der Waals surface area contributed by atoms with Crippen LogP contribution in [0.25, 0.3) is 0 Å². The van der Waals surface area contributed by atoms with Gasteiger partial charge in [-0.1, -0.05) is 19.1 Å². The zero-order chi connectivity index (χ0) is 19.9. The van der Waals surface area contributed by atoms with Gasteiger partial charge in [0.05, 0.1) is 7.11 Å². The Labute approximate surface area is 159 Å². The van der Waals surface area contributed by atoms with Gasteiger partial charge in [-0.15, -0.1) is 0 Å². The molecule has 0 aliphatic carbocycles. The minimum atomic E-state index is -1.06. The Kier molecular flexibility index (Phi) is 4.99. The van der Waals surface area contributed by atoms with Gasteiger partial charge in [-0.05, 0) is 18.6 Å². The van der Waals surface area contributed by atoms with Gasteiger partial charge in [0.15, 0.2) is 0 Å². The van der Waals surface area contributed by atoms with Crippen LogP contribution in [0.2, 0.25) is 0 Å². The Morgan fingerprint density at radius 1 is 1.22 bits per heavy atom. The first-order valence-corrected chi connectivity index (χ1v) is 9.31. The van der Waals surface area contributed by atoms with Gasteiger partial charge in [-0.3, -0.25) is 14.5 Å². The SMILES string of the molecule is CCC[C@]1(C(=O)OC)[NH2+][C@@H](c2ccc(N(C)C)cc2)[C@H]2C(=O)N(C)C(=O)[C@@H]21. The third-order valence-electron chi connectivity index (χ3n) is 6.01. The van der Waals surface area contributed by atoms with Gasteiger partial charge in [0.2, 0.25) is 17.4 Å². The maximum atomic E-state index is 12.9. The molecule has 0 unspecified atom stereocenters. The molecule has 2 fully saturated rings. The van der Waals surface area contributed by atoms with Crippen LogP contribution in [0.5, 0.6) is 0 Å². The largest absolute Gasteiger partial charge is 0.464 e. The number of rotatable bonds is 5. The standard InChI is InChI=1S/C20H27N3O4/c1-6-11-20(19(26)27-5)15-14(17(24)23(4)18(15)25)16(21-20)12-7-9-13(10-8-12)22(2)3/h7-10,14-16,21H,6,11H2,1-5H3/p+1/t14-,15+,16-,20-/m0/s1. The van der Waals surface area contributed by atoms with E-state index in [0.717, 1.165) is 11.3 Å². The number of anilines is 1. The van der Waals surface area contributed by atoms with E-state index in [4.69, 9.17) is 4.74 Å². The van der Waals surface area contributed by atoms with Gasteiger partial charge in [0.1, 0.15) is 17.9 Å². The first-order valence-electron chi connectivity index (χ1n) is 9.31. The minimum absolute atomic E-state index is 0.218. The third-order valence-corrected chi connectivity index (χ3v) is 6.01. The highest BCUT2D eigenvalue weighted by Gasteiger charge is 2.71. The Bertz CT molecular complexity index is 761. The summed E-state index contributed by atoms with van der Waals surface area (Å²) in [6.07, 6.45) is 1.20. The monoisotopic (exact) mass is 374 g/mol. The number of quaternary nitrogens is 1. The number of carbonyl (C=O) groups is 3. The van der Waals surface area contributed by atoms with Crippen molar-refractivity contribution in [1.82, 2.24) is 4.90 Å². The molecule has 1 aromatic carbocycles. The molecule has 2 amide bonds. The summed E-state index contributed by atoms with van der Waals surface area (Å²) in [7, 11) is 6.77. The molecule has 1 aromatic rings. The van der Waals surface area contributed by atoms with Gasteiger partial charge in [-0.25, -0.2) is 4.79 Å². The maximum Gasteiger partial charge on any atom is 0.368 e. The number of ether oxygens (including phenoxy) is 1. The summed E-state index contributed by atoms with van der Waals surface area (Å²) in [6.45, 7) is 1.97. The molecule has 2 aliphatic rings. The highest BCUT2D eigenvalue weighted by atomic mass is 16.5. The highest BCUT2D eigenvalue weighted by molar-refractivity contribution is 6.08. The van der Waals surface area contributed by atoms with Crippen molar-refractivity contribution in [1.29, 1.82) is 0 Å². The number of hydrogen-bond donors (Lipinski definition) is 1. The number of fused-ring (bicyclic) bond motifs is 1. The number of nitrogens with two attached hydrogens (primary N) is 1. The topological polar surface area (TPSA) is 83.5 Å². The predicted octanol–water partition coefficient (Wildman–Crippen LogP) is 0.314. The fraction of sp³-hybridized carbons (Fsp3) is 0.550. The Hall–Kier alpha value is -2.41.